The van der Waals surface area contributed by atoms with Crippen molar-refractivity contribution in [3.05, 3.63) is 65.2 Å². The molecule has 2 rings (SSSR count). The van der Waals surface area contributed by atoms with Crippen LogP contribution >= 0.6 is 0 Å². The molecule has 0 fully saturated rings. The number of carbonyl (C=O) groups is 1. The Bertz CT molecular complexity index is 590. The first-order valence-electron chi connectivity index (χ1n) is 7.18. The molecule has 0 radical (unpaired) electrons. The van der Waals surface area contributed by atoms with Gasteiger partial charge < -0.3 is 10.1 Å². The van der Waals surface area contributed by atoms with E-state index in [9.17, 15) is 4.79 Å². The number of hydrogen-bond acceptors (Lipinski definition) is 2. The molecular weight excluding hydrogens is 262 g/mol. The minimum atomic E-state index is 0.0165. The smallest absolute Gasteiger partial charge is 0.224 e. The summed E-state index contributed by atoms with van der Waals surface area (Å²) in [7, 11) is 1.62. The molecule has 110 valence electrons. The molecule has 0 saturated carbocycles. The minimum absolute atomic E-state index is 0.0165. The highest BCUT2D eigenvalue weighted by molar-refractivity contribution is 5.78. The van der Waals surface area contributed by atoms with Crippen LogP contribution in [0.1, 0.15) is 23.6 Å². The Hall–Kier alpha value is -2.29. The third-order valence-corrected chi connectivity index (χ3v) is 3.42. The third kappa shape index (κ3) is 4.63. The minimum Gasteiger partial charge on any atom is -0.497 e. The fourth-order valence-electron chi connectivity index (χ4n) is 2.12. The van der Waals surface area contributed by atoms with Crippen LogP contribution in [0.5, 0.6) is 5.75 Å². The van der Waals surface area contributed by atoms with Crippen LogP contribution in [0.3, 0.4) is 0 Å². The van der Waals surface area contributed by atoms with E-state index in [1.165, 1.54) is 5.56 Å². The van der Waals surface area contributed by atoms with E-state index in [1.807, 2.05) is 24.3 Å². The van der Waals surface area contributed by atoms with Gasteiger partial charge in [-0.05, 0) is 35.2 Å². The van der Waals surface area contributed by atoms with E-state index in [0.29, 0.717) is 13.0 Å². The molecule has 2 aromatic rings. The number of amides is 1. The van der Waals surface area contributed by atoms with E-state index in [-0.39, 0.29) is 5.91 Å². The lowest BCUT2D eigenvalue weighted by atomic mass is 10.1. The molecular formula is C18H21NO2. The number of aryl methyl sites for hydroxylation is 1. The number of carbonyl (C=O) groups excluding carboxylic acids is 1. The van der Waals surface area contributed by atoms with Gasteiger partial charge in [-0.25, -0.2) is 0 Å². The number of methoxy groups -OCH3 is 1. The van der Waals surface area contributed by atoms with Crippen molar-refractivity contribution in [2.45, 2.75) is 26.3 Å². The number of nitrogens with one attached hydrogen (secondary N) is 1. The summed E-state index contributed by atoms with van der Waals surface area (Å²) < 4.78 is 5.16. The Morgan fingerprint density at radius 1 is 1.05 bits per heavy atom. The summed E-state index contributed by atoms with van der Waals surface area (Å²) in [6, 6.07) is 15.9. The van der Waals surface area contributed by atoms with Gasteiger partial charge in [0.15, 0.2) is 0 Å². The van der Waals surface area contributed by atoms with Crippen LogP contribution < -0.4 is 10.1 Å². The number of rotatable bonds is 6. The Balaban J connectivity index is 1.86. The molecule has 0 saturated heterocycles. The topological polar surface area (TPSA) is 38.3 Å². The van der Waals surface area contributed by atoms with Gasteiger partial charge in [0.25, 0.3) is 0 Å². The molecule has 1 N–H and O–H groups in total. The Kier molecular flexibility index (Phi) is 5.38. The van der Waals surface area contributed by atoms with Crippen LogP contribution in [0, 0.1) is 0 Å². The zero-order valence-corrected chi connectivity index (χ0v) is 12.6. The summed E-state index contributed by atoms with van der Waals surface area (Å²) in [5, 5.41) is 2.94. The predicted octanol–water partition coefficient (Wildman–Crippen LogP) is 3.12. The van der Waals surface area contributed by atoms with E-state index in [4.69, 9.17) is 4.74 Å². The van der Waals surface area contributed by atoms with Crippen molar-refractivity contribution < 1.29 is 9.53 Å². The molecule has 0 aliphatic carbocycles. The van der Waals surface area contributed by atoms with Crippen molar-refractivity contribution in [2.24, 2.45) is 0 Å². The Labute approximate surface area is 126 Å². The second kappa shape index (κ2) is 7.48. The Morgan fingerprint density at radius 2 is 1.76 bits per heavy atom. The molecule has 21 heavy (non-hydrogen) atoms. The quantitative estimate of drug-likeness (QED) is 0.884. The van der Waals surface area contributed by atoms with Crippen molar-refractivity contribution in [1.29, 1.82) is 0 Å². The molecule has 0 aromatic heterocycles. The second-order valence-corrected chi connectivity index (χ2v) is 4.98. The first-order valence-corrected chi connectivity index (χ1v) is 7.18. The Morgan fingerprint density at radius 3 is 2.43 bits per heavy atom. The molecule has 0 unspecified atom stereocenters. The number of ether oxygens (including phenoxy) is 1. The van der Waals surface area contributed by atoms with Crippen LogP contribution in [0.2, 0.25) is 0 Å². The second-order valence-electron chi connectivity index (χ2n) is 4.98. The number of hydrogen-bond donors (Lipinski definition) is 1. The van der Waals surface area contributed by atoms with Crippen LogP contribution in [-0.2, 0) is 24.2 Å². The van der Waals surface area contributed by atoms with E-state index < -0.39 is 0 Å². The van der Waals surface area contributed by atoms with Gasteiger partial charge in [-0.1, -0.05) is 43.3 Å². The highest BCUT2D eigenvalue weighted by Gasteiger charge is 2.04. The average Bonchev–Trinajstić information content (AvgIpc) is 2.53. The highest BCUT2D eigenvalue weighted by atomic mass is 16.5. The van der Waals surface area contributed by atoms with E-state index >= 15 is 0 Å². The summed E-state index contributed by atoms with van der Waals surface area (Å²) in [6.07, 6.45) is 1.40. The normalized spacial score (nSPS) is 10.2. The van der Waals surface area contributed by atoms with Crippen LogP contribution in [-0.4, -0.2) is 13.0 Å². The molecule has 1 amide bonds. The average molecular weight is 283 g/mol. The lowest BCUT2D eigenvalue weighted by Crippen LogP contribution is -2.24. The first-order chi connectivity index (χ1) is 10.2. The molecule has 0 heterocycles. The van der Waals surface area contributed by atoms with Gasteiger partial charge >= 0.3 is 0 Å². The van der Waals surface area contributed by atoms with Crippen LogP contribution in [0.25, 0.3) is 0 Å². The molecule has 2 aromatic carbocycles. The van der Waals surface area contributed by atoms with Gasteiger partial charge in [0, 0.05) is 6.54 Å². The molecule has 0 spiro atoms. The summed E-state index contributed by atoms with van der Waals surface area (Å²) in [6.45, 7) is 2.69. The molecule has 0 bridgehead atoms. The highest BCUT2D eigenvalue weighted by Crippen LogP contribution is 2.13. The predicted molar refractivity (Wildman–Crippen MR) is 84.4 cm³/mol. The zero-order valence-electron chi connectivity index (χ0n) is 12.6. The van der Waals surface area contributed by atoms with Crippen molar-refractivity contribution in [1.82, 2.24) is 5.32 Å². The van der Waals surface area contributed by atoms with Crippen molar-refractivity contribution >= 4 is 5.91 Å². The molecule has 3 heteroatoms. The molecule has 0 aliphatic heterocycles. The monoisotopic (exact) mass is 283 g/mol. The van der Waals surface area contributed by atoms with Crippen molar-refractivity contribution in [3.8, 4) is 5.75 Å². The molecule has 0 aliphatic rings. The summed E-state index contributed by atoms with van der Waals surface area (Å²) in [5.74, 6) is 0.790. The summed E-state index contributed by atoms with van der Waals surface area (Å²) in [5.41, 5.74) is 3.38. The van der Waals surface area contributed by atoms with Gasteiger partial charge in [0.2, 0.25) is 5.91 Å². The SMILES string of the molecule is CCc1ccc(CNC(=O)Cc2cccc(OC)c2)cc1. The van der Waals surface area contributed by atoms with Gasteiger partial charge in [0.05, 0.1) is 13.5 Å². The largest absolute Gasteiger partial charge is 0.497 e. The maximum Gasteiger partial charge on any atom is 0.224 e. The van der Waals surface area contributed by atoms with Crippen LogP contribution in [0.15, 0.2) is 48.5 Å². The van der Waals surface area contributed by atoms with Gasteiger partial charge in [-0.15, -0.1) is 0 Å². The van der Waals surface area contributed by atoms with E-state index in [2.05, 4.69) is 36.5 Å². The van der Waals surface area contributed by atoms with E-state index in [0.717, 1.165) is 23.3 Å². The first kappa shape index (κ1) is 15.1. The molecule has 0 atom stereocenters. The van der Waals surface area contributed by atoms with E-state index in [1.54, 1.807) is 7.11 Å². The van der Waals surface area contributed by atoms with Crippen LogP contribution in [0.4, 0.5) is 0 Å². The lowest BCUT2D eigenvalue weighted by Gasteiger charge is -2.07. The van der Waals surface area contributed by atoms with Gasteiger partial charge in [0.1, 0.15) is 5.75 Å². The maximum absolute atomic E-state index is 12.0. The van der Waals surface area contributed by atoms with Gasteiger partial charge in [-0.3, -0.25) is 4.79 Å². The fourth-order valence-corrected chi connectivity index (χ4v) is 2.12. The van der Waals surface area contributed by atoms with Gasteiger partial charge in [-0.2, -0.15) is 0 Å². The summed E-state index contributed by atoms with van der Waals surface area (Å²) >= 11 is 0. The standard InChI is InChI=1S/C18H21NO2/c1-3-14-7-9-15(10-8-14)13-19-18(20)12-16-5-4-6-17(11-16)21-2/h4-11H,3,12-13H2,1-2H3,(H,19,20). The maximum atomic E-state index is 12.0. The molecule has 3 nitrogen and oxygen atoms in total. The summed E-state index contributed by atoms with van der Waals surface area (Å²) in [4.78, 5) is 12.0. The number of benzene rings is 2. The lowest BCUT2D eigenvalue weighted by molar-refractivity contribution is -0.120. The third-order valence-electron chi connectivity index (χ3n) is 3.42. The fraction of sp³-hybridized carbons (Fsp3) is 0.278. The zero-order chi connectivity index (χ0) is 15.1. The van der Waals surface area contributed by atoms with Crippen molar-refractivity contribution in [3.63, 3.8) is 0 Å². The van der Waals surface area contributed by atoms with Crippen molar-refractivity contribution in [2.75, 3.05) is 7.11 Å².